The Morgan fingerprint density at radius 2 is 2.07 bits per heavy atom. The number of nitrogens with one attached hydrogen (secondary N) is 1. The van der Waals surface area contributed by atoms with Gasteiger partial charge in [-0.15, -0.1) is 0 Å². The molecule has 0 radical (unpaired) electrons. The van der Waals surface area contributed by atoms with Crippen molar-refractivity contribution >= 4 is 21.5 Å². The topological polar surface area (TPSA) is 62.3 Å². The summed E-state index contributed by atoms with van der Waals surface area (Å²) in [7, 11) is 0.0412. The standard InChI is InChI=1S/C8H13N3O2S/c1-9-8-5-4-7(6-10-8)11(2)14(3,12)13/h4-6H,1-3H3,(H,9,10). The van der Waals surface area contributed by atoms with E-state index in [4.69, 9.17) is 0 Å². The van der Waals surface area contributed by atoms with Crippen molar-refractivity contribution in [3.05, 3.63) is 18.3 Å². The normalized spacial score (nSPS) is 11.1. The summed E-state index contributed by atoms with van der Waals surface area (Å²) in [5, 5.41) is 2.85. The molecule has 0 bridgehead atoms. The molecular weight excluding hydrogens is 202 g/mol. The molecule has 1 aromatic rings. The van der Waals surface area contributed by atoms with E-state index >= 15 is 0 Å². The van der Waals surface area contributed by atoms with Gasteiger partial charge in [0.05, 0.1) is 18.1 Å². The number of aromatic nitrogens is 1. The quantitative estimate of drug-likeness (QED) is 0.798. The lowest BCUT2D eigenvalue weighted by molar-refractivity contribution is 0.600. The Morgan fingerprint density at radius 1 is 1.43 bits per heavy atom. The van der Waals surface area contributed by atoms with Gasteiger partial charge in [0.2, 0.25) is 10.0 Å². The van der Waals surface area contributed by atoms with E-state index in [1.54, 1.807) is 19.2 Å². The van der Waals surface area contributed by atoms with Crippen molar-refractivity contribution < 1.29 is 8.42 Å². The Labute approximate surface area is 83.8 Å². The zero-order chi connectivity index (χ0) is 10.8. The smallest absolute Gasteiger partial charge is 0.232 e. The molecule has 14 heavy (non-hydrogen) atoms. The van der Waals surface area contributed by atoms with Crippen LogP contribution in [0.25, 0.3) is 0 Å². The van der Waals surface area contributed by atoms with Gasteiger partial charge in [-0.05, 0) is 12.1 Å². The molecule has 1 N–H and O–H groups in total. The molecule has 78 valence electrons. The molecule has 0 atom stereocenters. The van der Waals surface area contributed by atoms with E-state index in [1.165, 1.54) is 17.5 Å². The highest BCUT2D eigenvalue weighted by molar-refractivity contribution is 7.92. The zero-order valence-electron chi connectivity index (χ0n) is 8.35. The van der Waals surface area contributed by atoms with E-state index in [2.05, 4.69) is 10.3 Å². The molecule has 0 amide bonds. The molecule has 1 aromatic heterocycles. The second-order valence-electron chi connectivity index (χ2n) is 2.88. The molecule has 0 aliphatic heterocycles. The highest BCUT2D eigenvalue weighted by Gasteiger charge is 2.11. The second kappa shape index (κ2) is 3.83. The van der Waals surface area contributed by atoms with Crippen LogP contribution in [0.15, 0.2) is 18.3 Å². The largest absolute Gasteiger partial charge is 0.373 e. The lowest BCUT2D eigenvalue weighted by Crippen LogP contribution is -2.24. The summed E-state index contributed by atoms with van der Waals surface area (Å²) in [4.78, 5) is 4.01. The van der Waals surface area contributed by atoms with E-state index in [0.717, 1.165) is 6.26 Å². The van der Waals surface area contributed by atoms with Gasteiger partial charge in [0, 0.05) is 14.1 Å². The summed E-state index contributed by atoms with van der Waals surface area (Å²) >= 11 is 0. The maximum absolute atomic E-state index is 11.2. The minimum absolute atomic E-state index is 0.548. The molecule has 1 rings (SSSR count). The van der Waals surface area contributed by atoms with Crippen LogP contribution in [0, 0.1) is 0 Å². The maximum Gasteiger partial charge on any atom is 0.232 e. The Morgan fingerprint density at radius 3 is 2.43 bits per heavy atom. The fraction of sp³-hybridized carbons (Fsp3) is 0.375. The number of hydrogen-bond donors (Lipinski definition) is 1. The fourth-order valence-corrected chi connectivity index (χ4v) is 1.40. The number of pyridine rings is 1. The molecular formula is C8H13N3O2S. The minimum atomic E-state index is -3.20. The maximum atomic E-state index is 11.2. The molecule has 0 aliphatic rings. The van der Waals surface area contributed by atoms with E-state index in [1.807, 2.05) is 0 Å². The average Bonchev–Trinajstić information content (AvgIpc) is 2.15. The monoisotopic (exact) mass is 215 g/mol. The van der Waals surface area contributed by atoms with Crippen molar-refractivity contribution in [2.45, 2.75) is 0 Å². The number of hydrogen-bond acceptors (Lipinski definition) is 4. The highest BCUT2D eigenvalue weighted by Crippen LogP contribution is 2.15. The van der Waals surface area contributed by atoms with Crippen LogP contribution in [0.4, 0.5) is 11.5 Å². The first-order valence-corrected chi connectivity index (χ1v) is 5.87. The van der Waals surface area contributed by atoms with Crippen LogP contribution in [-0.4, -0.2) is 33.8 Å². The second-order valence-corrected chi connectivity index (χ2v) is 4.90. The van der Waals surface area contributed by atoms with Crippen molar-refractivity contribution in [3.63, 3.8) is 0 Å². The molecule has 5 nitrogen and oxygen atoms in total. The van der Waals surface area contributed by atoms with Gasteiger partial charge in [0.1, 0.15) is 5.82 Å². The number of nitrogens with zero attached hydrogens (tertiary/aromatic N) is 2. The fourth-order valence-electron chi connectivity index (χ4n) is 0.912. The Balaban J connectivity index is 2.98. The van der Waals surface area contributed by atoms with Crippen molar-refractivity contribution in [1.82, 2.24) is 4.98 Å². The summed E-state index contributed by atoms with van der Waals surface area (Å²) in [5.41, 5.74) is 0.548. The lowest BCUT2D eigenvalue weighted by atomic mass is 10.4. The molecule has 0 spiro atoms. The zero-order valence-corrected chi connectivity index (χ0v) is 9.17. The Kier molecular flexibility index (Phi) is 2.95. The van der Waals surface area contributed by atoms with Crippen LogP contribution in [0.5, 0.6) is 0 Å². The number of sulfonamides is 1. The van der Waals surface area contributed by atoms with Gasteiger partial charge in [0.15, 0.2) is 0 Å². The van der Waals surface area contributed by atoms with Gasteiger partial charge in [-0.1, -0.05) is 0 Å². The Hall–Kier alpha value is -1.30. The van der Waals surface area contributed by atoms with E-state index in [0.29, 0.717) is 11.5 Å². The number of anilines is 2. The first-order valence-electron chi connectivity index (χ1n) is 4.03. The summed E-state index contributed by atoms with van der Waals surface area (Å²) in [6.45, 7) is 0. The van der Waals surface area contributed by atoms with Crippen LogP contribution in [0.2, 0.25) is 0 Å². The lowest BCUT2D eigenvalue weighted by Gasteiger charge is -2.15. The molecule has 0 fully saturated rings. The highest BCUT2D eigenvalue weighted by atomic mass is 32.2. The van der Waals surface area contributed by atoms with Gasteiger partial charge in [-0.3, -0.25) is 4.31 Å². The molecule has 0 saturated heterocycles. The van der Waals surface area contributed by atoms with Crippen LogP contribution < -0.4 is 9.62 Å². The van der Waals surface area contributed by atoms with Gasteiger partial charge in [-0.2, -0.15) is 0 Å². The van der Waals surface area contributed by atoms with Crippen molar-refractivity contribution in [2.24, 2.45) is 0 Å². The van der Waals surface area contributed by atoms with Crippen LogP contribution in [0.3, 0.4) is 0 Å². The third-order valence-electron chi connectivity index (χ3n) is 1.87. The van der Waals surface area contributed by atoms with E-state index in [9.17, 15) is 8.42 Å². The summed E-state index contributed by atoms with van der Waals surface area (Å²) in [6.07, 6.45) is 2.66. The third kappa shape index (κ3) is 2.35. The molecule has 0 aromatic carbocycles. The molecule has 6 heteroatoms. The van der Waals surface area contributed by atoms with E-state index in [-0.39, 0.29) is 0 Å². The molecule has 0 unspecified atom stereocenters. The molecule has 0 saturated carbocycles. The van der Waals surface area contributed by atoms with Crippen LogP contribution >= 0.6 is 0 Å². The van der Waals surface area contributed by atoms with E-state index < -0.39 is 10.0 Å². The van der Waals surface area contributed by atoms with Crippen molar-refractivity contribution in [2.75, 3.05) is 30.0 Å². The van der Waals surface area contributed by atoms with Crippen molar-refractivity contribution in [3.8, 4) is 0 Å². The summed E-state index contributed by atoms with van der Waals surface area (Å²) in [5.74, 6) is 0.704. The van der Waals surface area contributed by atoms with Crippen LogP contribution in [-0.2, 0) is 10.0 Å². The summed E-state index contributed by atoms with van der Waals surface area (Å²) in [6, 6.07) is 3.41. The van der Waals surface area contributed by atoms with Crippen molar-refractivity contribution in [1.29, 1.82) is 0 Å². The van der Waals surface area contributed by atoms with Crippen LogP contribution in [0.1, 0.15) is 0 Å². The SMILES string of the molecule is CNc1ccc(N(C)S(C)(=O)=O)cn1. The van der Waals surface area contributed by atoms with Gasteiger partial charge >= 0.3 is 0 Å². The Bertz CT molecular complexity index is 399. The predicted molar refractivity (Wildman–Crippen MR) is 57.0 cm³/mol. The number of rotatable bonds is 3. The summed E-state index contributed by atoms with van der Waals surface area (Å²) < 4.78 is 23.5. The molecule has 1 heterocycles. The predicted octanol–water partition coefficient (Wildman–Crippen LogP) is 0.519. The van der Waals surface area contributed by atoms with Gasteiger partial charge in [-0.25, -0.2) is 13.4 Å². The molecule has 0 aliphatic carbocycles. The average molecular weight is 215 g/mol. The first kappa shape index (κ1) is 10.8. The minimum Gasteiger partial charge on any atom is -0.373 e. The van der Waals surface area contributed by atoms with Gasteiger partial charge in [0.25, 0.3) is 0 Å². The van der Waals surface area contributed by atoms with Gasteiger partial charge < -0.3 is 5.32 Å². The first-order chi connectivity index (χ1) is 6.45. The third-order valence-corrected chi connectivity index (χ3v) is 3.07.